The summed E-state index contributed by atoms with van der Waals surface area (Å²) in [6.07, 6.45) is 0. The number of nitrogens with one attached hydrogen (secondary N) is 2. The van der Waals surface area contributed by atoms with Crippen LogP contribution in [-0.4, -0.2) is 48.6 Å². The van der Waals surface area contributed by atoms with E-state index in [0.29, 0.717) is 32.1 Å². The Bertz CT molecular complexity index is 1210. The molecular formula is C24H23Cl3N4O2S. The van der Waals surface area contributed by atoms with Gasteiger partial charge in [-0.1, -0.05) is 41.7 Å². The normalized spacial score (nSPS) is 14.2. The lowest BCUT2D eigenvalue weighted by molar-refractivity contribution is 0.0951. The standard InChI is InChI=1S/C24H23Cl3N4O2S/c1-2-30-9-11-31(12-10-30)20-6-4-16(14-19(20)27)28-24(34)29-23(32)22-8-7-21(33-22)15-3-5-17(25)18(26)13-15/h3-8,13-14H,2,9-12H2,1H3,(H2,28,29,32,34). The summed E-state index contributed by atoms with van der Waals surface area (Å²) in [5.74, 6) is 0.134. The van der Waals surface area contributed by atoms with E-state index in [0.717, 1.165) is 38.4 Å². The number of likely N-dealkylation sites (N-methyl/N-ethyl adjacent to an activating group) is 1. The minimum atomic E-state index is -0.472. The summed E-state index contributed by atoms with van der Waals surface area (Å²) < 4.78 is 5.66. The third-order valence-corrected chi connectivity index (χ3v) is 6.87. The molecule has 0 atom stereocenters. The second kappa shape index (κ2) is 11.0. The van der Waals surface area contributed by atoms with Crippen LogP contribution in [0.1, 0.15) is 17.5 Å². The number of carbonyl (C=O) groups excluding carboxylic acids is 1. The van der Waals surface area contributed by atoms with Crippen LogP contribution in [0.3, 0.4) is 0 Å². The van der Waals surface area contributed by atoms with E-state index in [1.165, 1.54) is 0 Å². The third-order valence-electron chi connectivity index (χ3n) is 5.63. The van der Waals surface area contributed by atoms with Crippen LogP contribution in [0.15, 0.2) is 52.9 Å². The lowest BCUT2D eigenvalue weighted by Gasteiger charge is -2.36. The molecule has 1 fully saturated rings. The summed E-state index contributed by atoms with van der Waals surface area (Å²) >= 11 is 23.9. The highest BCUT2D eigenvalue weighted by molar-refractivity contribution is 7.80. The van der Waals surface area contributed by atoms with E-state index >= 15 is 0 Å². The number of furan rings is 1. The zero-order chi connectivity index (χ0) is 24.2. The fraction of sp³-hybridized carbons (Fsp3) is 0.250. The number of anilines is 2. The Kier molecular flexibility index (Phi) is 8.01. The van der Waals surface area contributed by atoms with Crippen molar-refractivity contribution in [3.63, 3.8) is 0 Å². The quantitative estimate of drug-likeness (QED) is 0.379. The Morgan fingerprint density at radius 1 is 0.971 bits per heavy atom. The highest BCUT2D eigenvalue weighted by Crippen LogP contribution is 2.31. The van der Waals surface area contributed by atoms with Gasteiger partial charge in [0.05, 0.1) is 20.8 Å². The first-order valence-corrected chi connectivity index (χ1v) is 12.3. The molecule has 0 radical (unpaired) electrons. The smallest absolute Gasteiger partial charge is 0.293 e. The van der Waals surface area contributed by atoms with Crippen molar-refractivity contribution in [1.29, 1.82) is 0 Å². The van der Waals surface area contributed by atoms with E-state index in [9.17, 15) is 4.79 Å². The molecule has 2 aromatic carbocycles. The van der Waals surface area contributed by atoms with Gasteiger partial charge in [-0.05, 0) is 67.3 Å². The van der Waals surface area contributed by atoms with E-state index < -0.39 is 5.91 Å². The first-order valence-electron chi connectivity index (χ1n) is 10.8. The largest absolute Gasteiger partial charge is 0.451 e. The molecule has 0 bridgehead atoms. The number of rotatable bonds is 5. The molecule has 1 aliphatic rings. The first-order chi connectivity index (χ1) is 16.3. The Hall–Kier alpha value is -2.29. The molecule has 0 spiro atoms. The molecule has 4 rings (SSSR count). The van der Waals surface area contributed by atoms with Gasteiger partial charge in [-0.2, -0.15) is 0 Å². The van der Waals surface area contributed by atoms with E-state index in [2.05, 4.69) is 27.4 Å². The molecule has 1 aliphatic heterocycles. The molecule has 2 heterocycles. The predicted molar refractivity (Wildman–Crippen MR) is 144 cm³/mol. The Morgan fingerprint density at radius 2 is 1.74 bits per heavy atom. The maximum absolute atomic E-state index is 12.6. The molecule has 0 aliphatic carbocycles. The van der Waals surface area contributed by atoms with Crippen LogP contribution in [-0.2, 0) is 0 Å². The number of piperazine rings is 1. The fourth-order valence-electron chi connectivity index (χ4n) is 3.74. The molecule has 1 aromatic heterocycles. The van der Waals surface area contributed by atoms with Crippen LogP contribution >= 0.6 is 47.0 Å². The van der Waals surface area contributed by atoms with Crippen LogP contribution in [0.2, 0.25) is 15.1 Å². The van der Waals surface area contributed by atoms with Crippen LogP contribution < -0.4 is 15.5 Å². The number of carbonyl (C=O) groups is 1. The fourth-order valence-corrected chi connectivity index (χ4v) is 4.55. The summed E-state index contributed by atoms with van der Waals surface area (Å²) in [6.45, 7) is 7.13. The van der Waals surface area contributed by atoms with Crippen molar-refractivity contribution in [2.45, 2.75) is 6.92 Å². The van der Waals surface area contributed by atoms with E-state index in [1.54, 1.807) is 36.4 Å². The molecule has 0 saturated carbocycles. The molecule has 2 N–H and O–H groups in total. The second-order valence-corrected chi connectivity index (χ2v) is 9.42. The van der Waals surface area contributed by atoms with Crippen molar-refractivity contribution in [3.05, 3.63) is 69.4 Å². The monoisotopic (exact) mass is 536 g/mol. The number of amides is 1. The molecule has 10 heteroatoms. The minimum Gasteiger partial charge on any atom is -0.451 e. The highest BCUT2D eigenvalue weighted by Gasteiger charge is 2.19. The van der Waals surface area contributed by atoms with Gasteiger partial charge >= 0.3 is 0 Å². The van der Waals surface area contributed by atoms with E-state index in [-0.39, 0.29) is 10.9 Å². The van der Waals surface area contributed by atoms with Gasteiger partial charge in [0.1, 0.15) is 5.76 Å². The topological polar surface area (TPSA) is 60.8 Å². The number of benzene rings is 2. The number of hydrogen-bond acceptors (Lipinski definition) is 5. The third kappa shape index (κ3) is 5.85. The average Bonchev–Trinajstić information content (AvgIpc) is 3.32. The van der Waals surface area contributed by atoms with Gasteiger partial charge in [-0.3, -0.25) is 10.1 Å². The van der Waals surface area contributed by atoms with Crippen LogP contribution in [0.4, 0.5) is 11.4 Å². The SMILES string of the molecule is CCN1CCN(c2ccc(NC(=S)NC(=O)c3ccc(-c4ccc(Cl)c(Cl)c4)o3)cc2Cl)CC1. The minimum absolute atomic E-state index is 0.116. The maximum Gasteiger partial charge on any atom is 0.293 e. The number of hydrogen-bond donors (Lipinski definition) is 2. The molecule has 6 nitrogen and oxygen atoms in total. The van der Waals surface area contributed by atoms with Gasteiger partial charge in [0.15, 0.2) is 10.9 Å². The van der Waals surface area contributed by atoms with Crippen molar-refractivity contribution in [2.24, 2.45) is 0 Å². The molecule has 1 saturated heterocycles. The van der Waals surface area contributed by atoms with Gasteiger partial charge in [0.2, 0.25) is 0 Å². The van der Waals surface area contributed by atoms with Gasteiger partial charge < -0.3 is 19.5 Å². The summed E-state index contributed by atoms with van der Waals surface area (Å²) in [5, 5.41) is 7.23. The number of halogens is 3. The summed E-state index contributed by atoms with van der Waals surface area (Å²) in [6, 6.07) is 14.0. The molecular weight excluding hydrogens is 515 g/mol. The Labute approximate surface area is 218 Å². The molecule has 178 valence electrons. The molecule has 34 heavy (non-hydrogen) atoms. The zero-order valence-electron chi connectivity index (χ0n) is 18.4. The van der Waals surface area contributed by atoms with Gasteiger partial charge in [-0.25, -0.2) is 0 Å². The maximum atomic E-state index is 12.6. The van der Waals surface area contributed by atoms with E-state index in [4.69, 9.17) is 51.4 Å². The predicted octanol–water partition coefficient (Wildman–Crippen LogP) is 6.18. The summed E-state index contributed by atoms with van der Waals surface area (Å²) in [5.41, 5.74) is 2.38. The Morgan fingerprint density at radius 3 is 2.41 bits per heavy atom. The zero-order valence-corrected chi connectivity index (χ0v) is 21.5. The van der Waals surface area contributed by atoms with Gasteiger partial charge in [0, 0.05) is 37.4 Å². The van der Waals surface area contributed by atoms with Crippen molar-refractivity contribution in [2.75, 3.05) is 42.9 Å². The van der Waals surface area contributed by atoms with Crippen molar-refractivity contribution in [3.8, 4) is 11.3 Å². The van der Waals surface area contributed by atoms with Crippen LogP contribution in [0, 0.1) is 0 Å². The highest BCUT2D eigenvalue weighted by atomic mass is 35.5. The first kappa shape index (κ1) is 24.8. The van der Waals surface area contributed by atoms with Crippen molar-refractivity contribution >= 4 is 69.4 Å². The Balaban J connectivity index is 1.35. The van der Waals surface area contributed by atoms with Gasteiger partial charge in [0.25, 0.3) is 5.91 Å². The molecule has 3 aromatic rings. The van der Waals surface area contributed by atoms with Crippen LogP contribution in [0.5, 0.6) is 0 Å². The summed E-state index contributed by atoms with van der Waals surface area (Å²) in [7, 11) is 0. The molecule has 1 amide bonds. The second-order valence-electron chi connectivity index (χ2n) is 7.79. The number of nitrogens with zero attached hydrogens (tertiary/aromatic N) is 2. The molecule has 0 unspecified atom stereocenters. The average molecular weight is 538 g/mol. The summed E-state index contributed by atoms with van der Waals surface area (Å²) in [4.78, 5) is 17.3. The lowest BCUT2D eigenvalue weighted by atomic mass is 10.2. The lowest BCUT2D eigenvalue weighted by Crippen LogP contribution is -2.46. The van der Waals surface area contributed by atoms with Crippen LogP contribution in [0.25, 0.3) is 11.3 Å². The van der Waals surface area contributed by atoms with Gasteiger partial charge in [-0.15, -0.1) is 0 Å². The van der Waals surface area contributed by atoms with Crippen molar-refractivity contribution < 1.29 is 9.21 Å². The number of thiocarbonyl (C=S) groups is 1. The van der Waals surface area contributed by atoms with Crippen molar-refractivity contribution in [1.82, 2.24) is 10.2 Å². The van der Waals surface area contributed by atoms with E-state index in [1.807, 2.05) is 12.1 Å².